The van der Waals surface area contributed by atoms with Gasteiger partial charge in [-0.3, -0.25) is 9.59 Å². The quantitative estimate of drug-likeness (QED) is 0.520. The molecule has 1 atom stereocenters. The molecule has 28 heavy (non-hydrogen) atoms. The van der Waals surface area contributed by atoms with E-state index in [1.54, 1.807) is 24.3 Å². The van der Waals surface area contributed by atoms with Crippen LogP contribution in [-0.4, -0.2) is 18.0 Å². The SMILES string of the molecule is CCCCC1Oc2cc(OC(C)=O)ccc2C=C1c1ccc(OC(C)=O)cc1. The Kier molecular flexibility index (Phi) is 6.14. The molecule has 0 radical (unpaired) electrons. The van der Waals surface area contributed by atoms with Crippen LogP contribution in [0.1, 0.15) is 51.2 Å². The van der Waals surface area contributed by atoms with Gasteiger partial charge in [0, 0.05) is 31.1 Å². The standard InChI is InChI=1S/C23H24O5/c1-4-5-6-22-21(17-7-10-19(11-8-17)26-15(2)24)13-18-9-12-20(27-16(3)25)14-23(18)28-22/h7-14,22H,4-6H2,1-3H3. The first kappa shape index (κ1) is 19.7. The topological polar surface area (TPSA) is 61.8 Å². The zero-order chi connectivity index (χ0) is 20.1. The number of fused-ring (bicyclic) bond motifs is 1. The van der Waals surface area contributed by atoms with E-state index in [0.29, 0.717) is 17.2 Å². The highest BCUT2D eigenvalue weighted by atomic mass is 16.5. The Hall–Kier alpha value is -3.08. The van der Waals surface area contributed by atoms with Crippen molar-refractivity contribution in [3.8, 4) is 17.2 Å². The van der Waals surface area contributed by atoms with E-state index in [1.165, 1.54) is 13.8 Å². The molecule has 1 aliphatic heterocycles. The number of rotatable bonds is 6. The molecular weight excluding hydrogens is 356 g/mol. The number of unbranched alkanes of at least 4 members (excludes halogenated alkanes) is 1. The van der Waals surface area contributed by atoms with Crippen LogP contribution >= 0.6 is 0 Å². The molecule has 0 spiro atoms. The third-order valence-electron chi connectivity index (χ3n) is 4.44. The van der Waals surface area contributed by atoms with Crippen LogP contribution in [0, 0.1) is 0 Å². The summed E-state index contributed by atoms with van der Waals surface area (Å²) >= 11 is 0. The van der Waals surface area contributed by atoms with Crippen LogP contribution in [0.4, 0.5) is 0 Å². The van der Waals surface area contributed by atoms with Crippen LogP contribution in [0.2, 0.25) is 0 Å². The van der Waals surface area contributed by atoms with E-state index in [4.69, 9.17) is 14.2 Å². The average molecular weight is 380 g/mol. The predicted octanol–water partition coefficient (Wildman–Crippen LogP) is 5.03. The molecule has 2 aromatic rings. The maximum absolute atomic E-state index is 11.2. The molecule has 0 aliphatic carbocycles. The first-order valence-electron chi connectivity index (χ1n) is 9.46. The summed E-state index contributed by atoms with van der Waals surface area (Å²) in [6.45, 7) is 4.90. The summed E-state index contributed by atoms with van der Waals surface area (Å²) < 4.78 is 16.6. The minimum absolute atomic E-state index is 0.0976. The zero-order valence-corrected chi connectivity index (χ0v) is 16.4. The van der Waals surface area contributed by atoms with Crippen LogP contribution in [0.3, 0.4) is 0 Å². The molecule has 1 heterocycles. The summed E-state index contributed by atoms with van der Waals surface area (Å²) in [6.07, 6.45) is 4.99. The molecule has 0 fully saturated rings. The number of ether oxygens (including phenoxy) is 3. The zero-order valence-electron chi connectivity index (χ0n) is 16.4. The Morgan fingerprint density at radius 1 is 0.964 bits per heavy atom. The van der Waals surface area contributed by atoms with Gasteiger partial charge in [0.2, 0.25) is 0 Å². The van der Waals surface area contributed by atoms with Crippen molar-refractivity contribution >= 4 is 23.6 Å². The van der Waals surface area contributed by atoms with Crippen LogP contribution in [-0.2, 0) is 9.59 Å². The van der Waals surface area contributed by atoms with Crippen molar-refractivity contribution in [1.29, 1.82) is 0 Å². The maximum Gasteiger partial charge on any atom is 0.308 e. The average Bonchev–Trinajstić information content (AvgIpc) is 2.65. The van der Waals surface area contributed by atoms with Crippen molar-refractivity contribution in [2.24, 2.45) is 0 Å². The summed E-state index contributed by atoms with van der Waals surface area (Å²) in [5, 5.41) is 0. The number of hydrogen-bond donors (Lipinski definition) is 0. The van der Waals surface area contributed by atoms with Gasteiger partial charge in [-0.15, -0.1) is 0 Å². The molecule has 3 rings (SSSR count). The maximum atomic E-state index is 11.2. The molecule has 0 saturated carbocycles. The van der Waals surface area contributed by atoms with Crippen LogP contribution in [0.15, 0.2) is 42.5 Å². The summed E-state index contributed by atoms with van der Waals surface area (Å²) in [4.78, 5) is 22.3. The number of carbonyl (C=O) groups excluding carboxylic acids is 2. The number of benzene rings is 2. The van der Waals surface area contributed by atoms with Crippen molar-refractivity contribution in [3.63, 3.8) is 0 Å². The highest BCUT2D eigenvalue weighted by molar-refractivity contribution is 5.87. The summed E-state index contributed by atoms with van der Waals surface area (Å²) in [5.74, 6) is 1.00. The third-order valence-corrected chi connectivity index (χ3v) is 4.44. The number of hydrogen-bond acceptors (Lipinski definition) is 5. The molecule has 0 amide bonds. The third kappa shape index (κ3) is 4.80. The minimum atomic E-state index is -0.359. The monoisotopic (exact) mass is 380 g/mol. The fourth-order valence-electron chi connectivity index (χ4n) is 3.20. The Bertz CT molecular complexity index is 896. The number of esters is 2. The lowest BCUT2D eigenvalue weighted by Crippen LogP contribution is -2.22. The van der Waals surface area contributed by atoms with Gasteiger partial charge in [-0.2, -0.15) is 0 Å². The van der Waals surface area contributed by atoms with Gasteiger partial charge in [-0.05, 0) is 48.7 Å². The molecule has 1 aliphatic rings. The van der Waals surface area contributed by atoms with E-state index in [2.05, 4.69) is 13.0 Å². The molecule has 0 aromatic heterocycles. The van der Waals surface area contributed by atoms with Gasteiger partial charge in [0.1, 0.15) is 23.4 Å². The van der Waals surface area contributed by atoms with Crippen molar-refractivity contribution in [3.05, 3.63) is 53.6 Å². The van der Waals surface area contributed by atoms with E-state index < -0.39 is 0 Å². The molecule has 0 saturated heterocycles. The normalized spacial score (nSPS) is 15.1. The van der Waals surface area contributed by atoms with Crippen LogP contribution < -0.4 is 14.2 Å². The fourth-order valence-corrected chi connectivity index (χ4v) is 3.20. The van der Waals surface area contributed by atoms with E-state index in [1.807, 2.05) is 18.2 Å². The van der Waals surface area contributed by atoms with Crippen molar-refractivity contribution in [2.45, 2.75) is 46.1 Å². The molecule has 146 valence electrons. The second kappa shape index (κ2) is 8.74. The molecule has 5 nitrogen and oxygen atoms in total. The van der Waals surface area contributed by atoms with Crippen molar-refractivity contribution in [1.82, 2.24) is 0 Å². The van der Waals surface area contributed by atoms with Crippen LogP contribution in [0.25, 0.3) is 11.6 Å². The Morgan fingerprint density at radius 2 is 1.61 bits per heavy atom. The fraction of sp³-hybridized carbons (Fsp3) is 0.304. The molecule has 2 aromatic carbocycles. The minimum Gasteiger partial charge on any atom is -0.485 e. The van der Waals surface area contributed by atoms with Gasteiger partial charge in [-0.1, -0.05) is 25.5 Å². The second-order valence-electron chi connectivity index (χ2n) is 6.76. The van der Waals surface area contributed by atoms with Crippen LogP contribution in [0.5, 0.6) is 17.2 Å². The van der Waals surface area contributed by atoms with Gasteiger partial charge < -0.3 is 14.2 Å². The summed E-state index contributed by atoms with van der Waals surface area (Å²) in [5.41, 5.74) is 3.03. The lowest BCUT2D eigenvalue weighted by Gasteiger charge is -2.28. The molecule has 1 unspecified atom stereocenters. The lowest BCUT2D eigenvalue weighted by molar-refractivity contribution is -0.132. The Labute approximate surface area is 164 Å². The number of carbonyl (C=O) groups is 2. The smallest absolute Gasteiger partial charge is 0.308 e. The van der Waals surface area contributed by atoms with Gasteiger partial charge in [0.25, 0.3) is 0 Å². The highest BCUT2D eigenvalue weighted by Crippen LogP contribution is 2.38. The van der Waals surface area contributed by atoms with E-state index >= 15 is 0 Å². The Balaban J connectivity index is 1.93. The molecule has 5 heteroatoms. The summed E-state index contributed by atoms with van der Waals surface area (Å²) in [6, 6.07) is 12.8. The first-order chi connectivity index (χ1) is 13.5. The van der Waals surface area contributed by atoms with E-state index in [9.17, 15) is 9.59 Å². The largest absolute Gasteiger partial charge is 0.485 e. The summed E-state index contributed by atoms with van der Waals surface area (Å²) in [7, 11) is 0. The van der Waals surface area contributed by atoms with E-state index in [0.717, 1.165) is 36.0 Å². The first-order valence-corrected chi connectivity index (χ1v) is 9.46. The van der Waals surface area contributed by atoms with Gasteiger partial charge in [-0.25, -0.2) is 0 Å². The van der Waals surface area contributed by atoms with Gasteiger partial charge in [0.05, 0.1) is 0 Å². The predicted molar refractivity (Wildman–Crippen MR) is 107 cm³/mol. The second-order valence-corrected chi connectivity index (χ2v) is 6.76. The Morgan fingerprint density at radius 3 is 2.25 bits per heavy atom. The highest BCUT2D eigenvalue weighted by Gasteiger charge is 2.24. The molecule has 0 bridgehead atoms. The van der Waals surface area contributed by atoms with Gasteiger partial charge >= 0.3 is 11.9 Å². The van der Waals surface area contributed by atoms with E-state index in [-0.39, 0.29) is 18.0 Å². The van der Waals surface area contributed by atoms with Crippen molar-refractivity contribution < 1.29 is 23.8 Å². The molecule has 0 N–H and O–H groups in total. The lowest BCUT2D eigenvalue weighted by atomic mass is 9.92. The van der Waals surface area contributed by atoms with Crippen molar-refractivity contribution in [2.75, 3.05) is 0 Å². The van der Waals surface area contributed by atoms with Gasteiger partial charge in [0.15, 0.2) is 0 Å². The molecular formula is C23H24O5.